The first-order valence-electron chi connectivity index (χ1n) is 5.00. The molecule has 1 aromatic carbocycles. The molecule has 0 saturated heterocycles. The molecule has 0 atom stereocenters. The van der Waals surface area contributed by atoms with Gasteiger partial charge in [-0.15, -0.1) is 0 Å². The van der Waals surface area contributed by atoms with Crippen molar-refractivity contribution >= 4 is 11.9 Å². The number of rotatable bonds is 1. The van der Waals surface area contributed by atoms with Crippen LogP contribution < -0.4 is 4.74 Å². The fraction of sp³-hybridized carbons (Fsp3) is 0.308. The van der Waals surface area contributed by atoms with Gasteiger partial charge in [0.1, 0.15) is 11.4 Å². The van der Waals surface area contributed by atoms with Crippen molar-refractivity contribution in [3.8, 4) is 5.75 Å². The number of Topliss-reactive ketones (excluding diaryl/α,β-unsaturated/α-hetero) is 1. The van der Waals surface area contributed by atoms with Gasteiger partial charge in [-0.05, 0) is 31.5 Å². The normalized spacial score (nSPS) is 17.9. The largest absolute Gasteiger partial charge is 0.487 e. The molecular weight excluding hydrogens is 188 g/mol. The molecule has 15 heavy (non-hydrogen) atoms. The van der Waals surface area contributed by atoms with Crippen LogP contribution in [0.4, 0.5) is 0 Å². The molecule has 0 unspecified atom stereocenters. The van der Waals surface area contributed by atoms with E-state index in [2.05, 4.69) is 6.58 Å². The van der Waals surface area contributed by atoms with E-state index in [9.17, 15) is 4.79 Å². The summed E-state index contributed by atoms with van der Waals surface area (Å²) in [5.74, 6) is 0.826. The molecule has 0 amide bonds. The maximum Gasteiger partial charge on any atom is 0.170 e. The fourth-order valence-electron chi connectivity index (χ4n) is 1.80. The first-order chi connectivity index (χ1) is 7.02. The maximum atomic E-state index is 11.9. The van der Waals surface area contributed by atoms with Gasteiger partial charge in [0.15, 0.2) is 5.78 Å². The number of ketones is 1. The summed E-state index contributed by atoms with van der Waals surface area (Å²) in [5, 5.41) is 0. The summed E-state index contributed by atoms with van der Waals surface area (Å²) in [4.78, 5) is 11.9. The molecule has 1 aromatic rings. The number of hydrogen-bond donors (Lipinski definition) is 0. The number of ether oxygens (including phenoxy) is 1. The highest BCUT2D eigenvalue weighted by molar-refractivity contribution is 6.00. The van der Waals surface area contributed by atoms with Crippen molar-refractivity contribution in [3.63, 3.8) is 0 Å². The Kier molecular flexibility index (Phi) is 2.14. The Morgan fingerprint density at radius 3 is 2.87 bits per heavy atom. The van der Waals surface area contributed by atoms with Crippen molar-refractivity contribution in [2.45, 2.75) is 25.9 Å². The zero-order valence-corrected chi connectivity index (χ0v) is 9.04. The van der Waals surface area contributed by atoms with Gasteiger partial charge >= 0.3 is 0 Å². The molecule has 2 rings (SSSR count). The van der Waals surface area contributed by atoms with Gasteiger partial charge in [-0.3, -0.25) is 4.79 Å². The summed E-state index contributed by atoms with van der Waals surface area (Å²) >= 11 is 0. The summed E-state index contributed by atoms with van der Waals surface area (Å²) in [6.45, 7) is 7.53. The van der Waals surface area contributed by atoms with E-state index in [-0.39, 0.29) is 11.4 Å². The summed E-state index contributed by atoms with van der Waals surface area (Å²) in [5.41, 5.74) is 1.23. The highest BCUT2D eigenvalue weighted by Crippen LogP contribution is 2.33. The lowest BCUT2D eigenvalue weighted by molar-refractivity contribution is 0.0620. The minimum absolute atomic E-state index is 0.143. The SMILES string of the molecule is C=Cc1ccc2c(c1)C(=O)CC(C)(C)O2. The number of benzene rings is 1. The van der Waals surface area contributed by atoms with E-state index >= 15 is 0 Å². The van der Waals surface area contributed by atoms with Crippen LogP contribution in [0, 0.1) is 0 Å². The van der Waals surface area contributed by atoms with Crippen LogP contribution in [0.1, 0.15) is 36.2 Å². The van der Waals surface area contributed by atoms with Crippen molar-refractivity contribution in [2.75, 3.05) is 0 Å². The minimum Gasteiger partial charge on any atom is -0.487 e. The van der Waals surface area contributed by atoms with Crippen LogP contribution in [0.2, 0.25) is 0 Å². The maximum absolute atomic E-state index is 11.9. The molecule has 1 aliphatic heterocycles. The van der Waals surface area contributed by atoms with Crippen LogP contribution in [0.5, 0.6) is 5.75 Å². The lowest BCUT2D eigenvalue weighted by Crippen LogP contribution is -2.35. The van der Waals surface area contributed by atoms with Crippen molar-refractivity contribution in [1.82, 2.24) is 0 Å². The molecule has 0 saturated carbocycles. The van der Waals surface area contributed by atoms with Gasteiger partial charge in [0, 0.05) is 0 Å². The third-order valence-corrected chi connectivity index (χ3v) is 2.51. The molecule has 0 spiro atoms. The Balaban J connectivity index is 2.50. The molecule has 1 heterocycles. The number of carbonyl (C=O) groups is 1. The second-order valence-corrected chi connectivity index (χ2v) is 4.42. The van der Waals surface area contributed by atoms with E-state index in [4.69, 9.17) is 4.74 Å². The summed E-state index contributed by atoms with van der Waals surface area (Å²) in [6.07, 6.45) is 2.16. The molecule has 0 N–H and O–H groups in total. The Labute approximate surface area is 89.6 Å². The predicted octanol–water partition coefficient (Wildman–Crippen LogP) is 3.07. The molecule has 0 radical (unpaired) electrons. The van der Waals surface area contributed by atoms with Crippen molar-refractivity contribution in [2.24, 2.45) is 0 Å². The van der Waals surface area contributed by atoms with Gasteiger partial charge in [0.05, 0.1) is 12.0 Å². The lowest BCUT2D eigenvalue weighted by atomic mass is 9.92. The number of carbonyl (C=O) groups excluding carboxylic acids is 1. The molecule has 2 heteroatoms. The van der Waals surface area contributed by atoms with Gasteiger partial charge in [0.25, 0.3) is 0 Å². The molecule has 2 nitrogen and oxygen atoms in total. The monoisotopic (exact) mass is 202 g/mol. The van der Waals surface area contributed by atoms with Crippen LogP contribution in [0.3, 0.4) is 0 Å². The summed E-state index contributed by atoms with van der Waals surface area (Å²) < 4.78 is 5.73. The molecule has 0 aliphatic carbocycles. The topological polar surface area (TPSA) is 26.3 Å². The summed E-state index contributed by atoms with van der Waals surface area (Å²) in [6, 6.07) is 5.57. The highest BCUT2D eigenvalue weighted by atomic mass is 16.5. The quantitative estimate of drug-likeness (QED) is 0.699. The molecule has 0 bridgehead atoms. The van der Waals surface area contributed by atoms with Crippen molar-refractivity contribution in [3.05, 3.63) is 35.9 Å². The average Bonchev–Trinajstić information content (AvgIpc) is 2.15. The average molecular weight is 202 g/mol. The molecule has 1 aliphatic rings. The minimum atomic E-state index is -0.389. The standard InChI is InChI=1S/C13H14O2/c1-4-9-5-6-12-10(7-9)11(14)8-13(2,3)15-12/h4-7H,1,8H2,2-3H3. The van der Waals surface area contributed by atoms with E-state index < -0.39 is 0 Å². The summed E-state index contributed by atoms with van der Waals surface area (Å²) in [7, 11) is 0. The van der Waals surface area contributed by atoms with Crippen LogP contribution in [-0.2, 0) is 0 Å². The van der Waals surface area contributed by atoms with Gasteiger partial charge in [-0.25, -0.2) is 0 Å². The van der Waals surface area contributed by atoms with E-state index in [1.807, 2.05) is 32.0 Å². The van der Waals surface area contributed by atoms with Gasteiger partial charge < -0.3 is 4.74 Å². The third-order valence-electron chi connectivity index (χ3n) is 2.51. The number of hydrogen-bond acceptors (Lipinski definition) is 2. The van der Waals surface area contributed by atoms with E-state index in [0.29, 0.717) is 17.7 Å². The Morgan fingerprint density at radius 2 is 2.20 bits per heavy atom. The second kappa shape index (κ2) is 3.23. The van der Waals surface area contributed by atoms with Crippen LogP contribution in [0.25, 0.3) is 6.08 Å². The smallest absolute Gasteiger partial charge is 0.170 e. The molecule has 0 fully saturated rings. The van der Waals surface area contributed by atoms with Gasteiger partial charge in [-0.1, -0.05) is 18.7 Å². The first kappa shape index (κ1) is 9.97. The fourth-order valence-corrected chi connectivity index (χ4v) is 1.80. The molecule has 0 aromatic heterocycles. The second-order valence-electron chi connectivity index (χ2n) is 4.42. The van der Waals surface area contributed by atoms with Gasteiger partial charge in [0.2, 0.25) is 0 Å². The molecular formula is C13H14O2. The van der Waals surface area contributed by atoms with Crippen molar-refractivity contribution in [1.29, 1.82) is 0 Å². The number of fused-ring (bicyclic) bond motifs is 1. The Hall–Kier alpha value is -1.57. The third kappa shape index (κ3) is 1.80. The van der Waals surface area contributed by atoms with Crippen LogP contribution in [0.15, 0.2) is 24.8 Å². The Bertz CT molecular complexity index is 430. The Morgan fingerprint density at radius 1 is 1.47 bits per heavy atom. The highest BCUT2D eigenvalue weighted by Gasteiger charge is 2.32. The molecule has 78 valence electrons. The van der Waals surface area contributed by atoms with Crippen LogP contribution in [-0.4, -0.2) is 11.4 Å². The predicted molar refractivity (Wildman–Crippen MR) is 60.2 cm³/mol. The zero-order valence-electron chi connectivity index (χ0n) is 9.04. The lowest BCUT2D eigenvalue weighted by Gasteiger charge is -2.31. The van der Waals surface area contributed by atoms with E-state index in [1.165, 1.54) is 0 Å². The zero-order chi connectivity index (χ0) is 11.1. The first-order valence-corrected chi connectivity index (χ1v) is 5.00. The van der Waals surface area contributed by atoms with Crippen LogP contribution >= 0.6 is 0 Å². The van der Waals surface area contributed by atoms with E-state index in [0.717, 1.165) is 5.56 Å². The van der Waals surface area contributed by atoms with Gasteiger partial charge in [-0.2, -0.15) is 0 Å². The van der Waals surface area contributed by atoms with Crippen molar-refractivity contribution < 1.29 is 9.53 Å². The van der Waals surface area contributed by atoms with E-state index in [1.54, 1.807) is 6.08 Å².